The molecule has 1 heterocycles. The predicted molar refractivity (Wildman–Crippen MR) is 63.3 cm³/mol. The van der Waals surface area contributed by atoms with Gasteiger partial charge < -0.3 is 5.32 Å². The molecule has 1 N–H and O–H groups in total. The SMILES string of the molecule is CCn1cc(NC2CCCC(C(F)(F)F)C2)cn1. The summed E-state index contributed by atoms with van der Waals surface area (Å²) in [6, 6.07) is -0.0973. The maximum absolute atomic E-state index is 12.7. The highest BCUT2D eigenvalue weighted by molar-refractivity contribution is 5.39. The molecule has 0 radical (unpaired) electrons. The molecule has 1 aromatic heterocycles. The number of anilines is 1. The van der Waals surface area contributed by atoms with E-state index in [1.807, 2.05) is 13.1 Å². The first kappa shape index (κ1) is 13.2. The Bertz CT molecular complexity index is 386. The monoisotopic (exact) mass is 261 g/mol. The Morgan fingerprint density at radius 2 is 2.22 bits per heavy atom. The van der Waals surface area contributed by atoms with Crippen LogP contribution in [-0.4, -0.2) is 22.0 Å². The molecule has 0 saturated heterocycles. The summed E-state index contributed by atoms with van der Waals surface area (Å²) in [4.78, 5) is 0. The molecular weight excluding hydrogens is 243 g/mol. The van der Waals surface area contributed by atoms with Gasteiger partial charge in [-0.05, 0) is 26.2 Å². The van der Waals surface area contributed by atoms with E-state index in [-0.39, 0.29) is 18.9 Å². The highest BCUT2D eigenvalue weighted by atomic mass is 19.4. The maximum atomic E-state index is 12.7. The Balaban J connectivity index is 1.93. The van der Waals surface area contributed by atoms with Gasteiger partial charge in [0, 0.05) is 18.8 Å². The number of nitrogens with zero attached hydrogens (tertiary/aromatic N) is 2. The fraction of sp³-hybridized carbons (Fsp3) is 0.750. The van der Waals surface area contributed by atoms with Crippen LogP contribution in [0.2, 0.25) is 0 Å². The van der Waals surface area contributed by atoms with Crippen molar-refractivity contribution in [2.75, 3.05) is 5.32 Å². The predicted octanol–water partition coefficient (Wildman–Crippen LogP) is 3.44. The minimum Gasteiger partial charge on any atom is -0.380 e. The third-order valence-electron chi connectivity index (χ3n) is 3.47. The maximum Gasteiger partial charge on any atom is 0.391 e. The van der Waals surface area contributed by atoms with Crippen molar-refractivity contribution >= 4 is 5.69 Å². The van der Waals surface area contributed by atoms with Gasteiger partial charge in [-0.15, -0.1) is 0 Å². The lowest BCUT2D eigenvalue weighted by molar-refractivity contribution is -0.182. The lowest BCUT2D eigenvalue weighted by Gasteiger charge is -2.31. The number of alkyl halides is 3. The minimum absolute atomic E-state index is 0.0973. The zero-order chi connectivity index (χ0) is 13.2. The molecule has 6 heteroatoms. The van der Waals surface area contributed by atoms with E-state index in [0.29, 0.717) is 6.42 Å². The molecule has 0 aromatic carbocycles. The van der Waals surface area contributed by atoms with Gasteiger partial charge in [0.15, 0.2) is 0 Å². The number of aromatic nitrogens is 2. The van der Waals surface area contributed by atoms with Crippen molar-refractivity contribution < 1.29 is 13.2 Å². The average Bonchev–Trinajstić information content (AvgIpc) is 2.76. The van der Waals surface area contributed by atoms with Crippen molar-refractivity contribution in [1.82, 2.24) is 9.78 Å². The van der Waals surface area contributed by atoms with Gasteiger partial charge in [-0.3, -0.25) is 4.68 Å². The van der Waals surface area contributed by atoms with Crippen molar-refractivity contribution in [2.24, 2.45) is 5.92 Å². The zero-order valence-corrected chi connectivity index (χ0v) is 10.4. The Kier molecular flexibility index (Phi) is 3.82. The number of nitrogens with one attached hydrogen (secondary N) is 1. The first-order chi connectivity index (χ1) is 8.49. The van der Waals surface area contributed by atoms with Crippen LogP contribution in [-0.2, 0) is 6.54 Å². The van der Waals surface area contributed by atoms with Crippen LogP contribution in [0.4, 0.5) is 18.9 Å². The van der Waals surface area contributed by atoms with E-state index in [4.69, 9.17) is 0 Å². The molecule has 3 nitrogen and oxygen atoms in total. The molecule has 1 aliphatic rings. The molecule has 2 unspecified atom stereocenters. The largest absolute Gasteiger partial charge is 0.391 e. The fourth-order valence-corrected chi connectivity index (χ4v) is 2.46. The van der Waals surface area contributed by atoms with Crippen molar-refractivity contribution in [2.45, 2.75) is 51.4 Å². The highest BCUT2D eigenvalue weighted by Crippen LogP contribution is 2.38. The van der Waals surface area contributed by atoms with Crippen LogP contribution >= 0.6 is 0 Å². The van der Waals surface area contributed by atoms with Crippen LogP contribution < -0.4 is 5.32 Å². The lowest BCUT2D eigenvalue weighted by Crippen LogP contribution is -2.34. The Labute approximate surface area is 104 Å². The summed E-state index contributed by atoms with van der Waals surface area (Å²) in [6.07, 6.45) is 1.29. The molecule has 2 atom stereocenters. The topological polar surface area (TPSA) is 29.9 Å². The summed E-state index contributed by atoms with van der Waals surface area (Å²) in [6.45, 7) is 2.73. The second kappa shape index (κ2) is 5.20. The second-order valence-corrected chi connectivity index (χ2v) is 4.83. The van der Waals surface area contributed by atoms with Crippen molar-refractivity contribution in [3.63, 3.8) is 0 Å². The highest BCUT2D eigenvalue weighted by Gasteiger charge is 2.42. The molecule has 18 heavy (non-hydrogen) atoms. The van der Waals surface area contributed by atoms with E-state index in [2.05, 4.69) is 10.4 Å². The van der Waals surface area contributed by atoms with Crippen LogP contribution in [0, 0.1) is 5.92 Å². The normalized spacial score (nSPS) is 25.1. The first-order valence-electron chi connectivity index (χ1n) is 6.34. The smallest absolute Gasteiger partial charge is 0.380 e. The van der Waals surface area contributed by atoms with Crippen LogP contribution in [0.25, 0.3) is 0 Å². The fourth-order valence-electron chi connectivity index (χ4n) is 2.46. The summed E-state index contributed by atoms with van der Waals surface area (Å²) in [5, 5.41) is 7.25. The average molecular weight is 261 g/mol. The van der Waals surface area contributed by atoms with Crippen LogP contribution in [0.15, 0.2) is 12.4 Å². The van der Waals surface area contributed by atoms with Gasteiger partial charge in [-0.2, -0.15) is 18.3 Å². The van der Waals surface area contributed by atoms with Gasteiger partial charge in [-0.1, -0.05) is 6.42 Å². The quantitative estimate of drug-likeness (QED) is 0.903. The molecule has 1 saturated carbocycles. The number of rotatable bonds is 3. The molecule has 0 amide bonds. The molecular formula is C12H18F3N3. The van der Waals surface area contributed by atoms with Crippen molar-refractivity contribution in [3.05, 3.63) is 12.4 Å². The molecule has 0 spiro atoms. The van der Waals surface area contributed by atoms with E-state index in [9.17, 15) is 13.2 Å². The van der Waals surface area contributed by atoms with Gasteiger partial charge in [-0.25, -0.2) is 0 Å². The number of halogens is 3. The number of hydrogen-bond donors (Lipinski definition) is 1. The first-order valence-corrected chi connectivity index (χ1v) is 6.34. The molecule has 2 rings (SSSR count). The summed E-state index contributed by atoms with van der Waals surface area (Å²) in [5.41, 5.74) is 0.810. The number of aryl methyl sites for hydroxylation is 1. The van der Waals surface area contributed by atoms with E-state index in [1.54, 1.807) is 10.9 Å². The van der Waals surface area contributed by atoms with Crippen LogP contribution in [0.5, 0.6) is 0 Å². The third kappa shape index (κ3) is 3.17. The standard InChI is InChI=1S/C12H18F3N3/c1-2-18-8-11(7-16-18)17-10-5-3-4-9(6-10)12(13,14)15/h7-10,17H,2-6H2,1H3. The van der Waals surface area contributed by atoms with E-state index in [1.165, 1.54) is 0 Å². The summed E-state index contributed by atoms with van der Waals surface area (Å²) >= 11 is 0. The Hall–Kier alpha value is -1.20. The molecule has 102 valence electrons. The third-order valence-corrected chi connectivity index (χ3v) is 3.47. The minimum atomic E-state index is -4.06. The summed E-state index contributed by atoms with van der Waals surface area (Å²) < 4.78 is 39.8. The Morgan fingerprint density at radius 3 is 2.83 bits per heavy atom. The van der Waals surface area contributed by atoms with Gasteiger partial charge in [0.2, 0.25) is 0 Å². The molecule has 1 aromatic rings. The van der Waals surface area contributed by atoms with Gasteiger partial charge in [0.25, 0.3) is 0 Å². The lowest BCUT2D eigenvalue weighted by atomic mass is 9.85. The van der Waals surface area contributed by atoms with Crippen molar-refractivity contribution in [1.29, 1.82) is 0 Å². The van der Waals surface area contributed by atoms with E-state index < -0.39 is 12.1 Å². The van der Waals surface area contributed by atoms with Crippen LogP contribution in [0.1, 0.15) is 32.6 Å². The Morgan fingerprint density at radius 1 is 1.44 bits per heavy atom. The summed E-state index contributed by atoms with van der Waals surface area (Å²) in [5.74, 6) is -1.16. The van der Waals surface area contributed by atoms with Gasteiger partial charge >= 0.3 is 6.18 Å². The zero-order valence-electron chi connectivity index (χ0n) is 10.4. The summed E-state index contributed by atoms with van der Waals surface area (Å²) in [7, 11) is 0. The van der Waals surface area contributed by atoms with Crippen molar-refractivity contribution in [3.8, 4) is 0 Å². The molecule has 0 aliphatic heterocycles. The van der Waals surface area contributed by atoms with Gasteiger partial charge in [0.1, 0.15) is 0 Å². The molecule has 1 fully saturated rings. The second-order valence-electron chi connectivity index (χ2n) is 4.83. The van der Waals surface area contributed by atoms with Crippen LogP contribution in [0.3, 0.4) is 0 Å². The van der Waals surface area contributed by atoms with E-state index >= 15 is 0 Å². The van der Waals surface area contributed by atoms with Gasteiger partial charge in [0.05, 0.1) is 17.8 Å². The molecule has 1 aliphatic carbocycles. The number of hydrogen-bond acceptors (Lipinski definition) is 2. The van der Waals surface area contributed by atoms with E-state index in [0.717, 1.165) is 18.7 Å². The molecule has 0 bridgehead atoms.